The zero-order valence-corrected chi connectivity index (χ0v) is 11.9. The highest BCUT2D eigenvalue weighted by molar-refractivity contribution is 9.09. The van der Waals surface area contributed by atoms with E-state index in [1.807, 2.05) is 0 Å². The summed E-state index contributed by atoms with van der Waals surface area (Å²) >= 11 is 3.86. The lowest BCUT2D eigenvalue weighted by Gasteiger charge is -2.14. The molecular weight excluding hydrogens is 260 g/mol. The van der Waals surface area contributed by atoms with Crippen molar-refractivity contribution in [2.24, 2.45) is 5.92 Å². The lowest BCUT2D eigenvalue weighted by molar-refractivity contribution is 0.508. The Morgan fingerprint density at radius 3 is 2.94 bits per heavy atom. The van der Waals surface area contributed by atoms with Gasteiger partial charge in [0.25, 0.3) is 0 Å². The van der Waals surface area contributed by atoms with Crippen molar-refractivity contribution in [3.05, 3.63) is 34.9 Å². The van der Waals surface area contributed by atoms with Crippen LogP contribution in [0, 0.1) is 5.92 Å². The van der Waals surface area contributed by atoms with Gasteiger partial charge in [-0.2, -0.15) is 0 Å². The molecule has 16 heavy (non-hydrogen) atoms. The maximum atomic E-state index is 3.86. The Bertz CT molecular complexity index is 356. The number of alkyl halides is 1. The first-order valence-corrected chi connectivity index (χ1v) is 7.38. The summed E-state index contributed by atoms with van der Waals surface area (Å²) in [5, 5.41) is 0. The normalized spacial score (nSPS) is 24.9. The molecule has 88 valence electrons. The smallest absolute Gasteiger partial charge is 0.0400 e. The SMILES string of the molecule is CCCc1ccc2c(c1)C(Br)CC(C)CC2. The number of benzene rings is 1. The minimum absolute atomic E-state index is 0.566. The van der Waals surface area contributed by atoms with Crippen LogP contribution in [0.15, 0.2) is 18.2 Å². The number of halogens is 1. The van der Waals surface area contributed by atoms with Crippen LogP contribution in [-0.4, -0.2) is 0 Å². The molecular formula is C15H21Br. The molecule has 0 spiro atoms. The minimum atomic E-state index is 0.566. The van der Waals surface area contributed by atoms with E-state index in [-0.39, 0.29) is 0 Å². The molecule has 0 aromatic heterocycles. The van der Waals surface area contributed by atoms with Crippen LogP contribution in [0.4, 0.5) is 0 Å². The van der Waals surface area contributed by atoms with Crippen molar-refractivity contribution >= 4 is 15.9 Å². The number of rotatable bonds is 2. The zero-order chi connectivity index (χ0) is 11.5. The second kappa shape index (κ2) is 5.35. The number of fused-ring (bicyclic) bond motifs is 1. The molecule has 0 saturated carbocycles. The highest BCUT2D eigenvalue weighted by Gasteiger charge is 2.20. The molecule has 0 N–H and O–H groups in total. The number of aryl methyl sites for hydroxylation is 2. The van der Waals surface area contributed by atoms with Gasteiger partial charge >= 0.3 is 0 Å². The van der Waals surface area contributed by atoms with Crippen molar-refractivity contribution in [2.75, 3.05) is 0 Å². The van der Waals surface area contributed by atoms with Crippen molar-refractivity contribution < 1.29 is 0 Å². The van der Waals surface area contributed by atoms with E-state index in [1.165, 1.54) is 37.7 Å². The highest BCUT2D eigenvalue weighted by Crippen LogP contribution is 2.37. The lowest BCUT2D eigenvalue weighted by Crippen LogP contribution is -1.97. The van der Waals surface area contributed by atoms with Gasteiger partial charge in [-0.3, -0.25) is 0 Å². The van der Waals surface area contributed by atoms with Gasteiger partial charge in [-0.15, -0.1) is 0 Å². The molecule has 0 saturated heterocycles. The molecule has 1 aliphatic carbocycles. The second-order valence-electron chi connectivity index (χ2n) is 5.13. The van der Waals surface area contributed by atoms with Crippen LogP contribution in [0.2, 0.25) is 0 Å². The van der Waals surface area contributed by atoms with Crippen molar-refractivity contribution in [2.45, 2.75) is 50.8 Å². The molecule has 0 heterocycles. The number of hydrogen-bond acceptors (Lipinski definition) is 0. The minimum Gasteiger partial charge on any atom is -0.0839 e. The maximum Gasteiger partial charge on any atom is 0.0400 e. The largest absolute Gasteiger partial charge is 0.0839 e. The topological polar surface area (TPSA) is 0 Å². The van der Waals surface area contributed by atoms with E-state index in [0.29, 0.717) is 4.83 Å². The van der Waals surface area contributed by atoms with Gasteiger partial charge in [0, 0.05) is 4.83 Å². The van der Waals surface area contributed by atoms with E-state index in [0.717, 1.165) is 5.92 Å². The van der Waals surface area contributed by atoms with Gasteiger partial charge in [0.1, 0.15) is 0 Å². The Hall–Kier alpha value is -0.300. The first-order valence-electron chi connectivity index (χ1n) is 6.46. The average molecular weight is 281 g/mol. The zero-order valence-electron chi connectivity index (χ0n) is 10.3. The third-order valence-corrected chi connectivity index (χ3v) is 4.47. The van der Waals surface area contributed by atoms with Crippen LogP contribution < -0.4 is 0 Å². The summed E-state index contributed by atoms with van der Waals surface area (Å²) in [6.07, 6.45) is 6.32. The first kappa shape index (κ1) is 12.2. The van der Waals surface area contributed by atoms with E-state index >= 15 is 0 Å². The molecule has 2 atom stereocenters. The quantitative estimate of drug-likeness (QED) is 0.526. The highest BCUT2D eigenvalue weighted by atomic mass is 79.9. The first-order chi connectivity index (χ1) is 7.70. The fourth-order valence-electron chi connectivity index (χ4n) is 2.61. The van der Waals surface area contributed by atoms with Crippen molar-refractivity contribution in [1.29, 1.82) is 0 Å². The molecule has 1 aliphatic rings. The molecule has 0 nitrogen and oxygen atoms in total. The van der Waals surface area contributed by atoms with Gasteiger partial charge < -0.3 is 0 Å². The van der Waals surface area contributed by atoms with Crippen molar-refractivity contribution in [3.8, 4) is 0 Å². The van der Waals surface area contributed by atoms with Gasteiger partial charge in [-0.1, -0.05) is 54.4 Å². The van der Waals surface area contributed by atoms with E-state index in [1.54, 1.807) is 11.1 Å². The predicted molar refractivity (Wildman–Crippen MR) is 74.2 cm³/mol. The summed E-state index contributed by atoms with van der Waals surface area (Å²) in [4.78, 5) is 0.566. The fraction of sp³-hybridized carbons (Fsp3) is 0.600. The van der Waals surface area contributed by atoms with E-state index in [9.17, 15) is 0 Å². The summed E-state index contributed by atoms with van der Waals surface area (Å²) in [7, 11) is 0. The maximum absolute atomic E-state index is 3.86. The monoisotopic (exact) mass is 280 g/mol. The molecule has 2 unspecified atom stereocenters. The van der Waals surface area contributed by atoms with Gasteiger partial charge in [0.15, 0.2) is 0 Å². The average Bonchev–Trinajstić information content (AvgIpc) is 2.40. The van der Waals surface area contributed by atoms with Crippen molar-refractivity contribution in [3.63, 3.8) is 0 Å². The fourth-order valence-corrected chi connectivity index (χ4v) is 3.67. The van der Waals surface area contributed by atoms with Crippen LogP contribution in [0.1, 0.15) is 54.6 Å². The van der Waals surface area contributed by atoms with Gasteiger partial charge in [0.05, 0.1) is 0 Å². The van der Waals surface area contributed by atoms with Crippen LogP contribution >= 0.6 is 15.9 Å². The van der Waals surface area contributed by atoms with E-state index in [2.05, 4.69) is 48.0 Å². The van der Waals surface area contributed by atoms with E-state index < -0.39 is 0 Å². The Kier molecular flexibility index (Phi) is 4.07. The Balaban J connectivity index is 2.30. The molecule has 0 bridgehead atoms. The lowest BCUT2D eigenvalue weighted by atomic mass is 9.98. The summed E-state index contributed by atoms with van der Waals surface area (Å²) in [5.74, 6) is 0.839. The third-order valence-electron chi connectivity index (χ3n) is 3.60. The Morgan fingerprint density at radius 1 is 1.38 bits per heavy atom. The van der Waals surface area contributed by atoms with Gasteiger partial charge in [0.2, 0.25) is 0 Å². The molecule has 0 fully saturated rings. The summed E-state index contributed by atoms with van der Waals surface area (Å²) in [6, 6.07) is 7.10. The summed E-state index contributed by atoms with van der Waals surface area (Å²) in [5.41, 5.74) is 4.61. The molecule has 1 aromatic carbocycles. The van der Waals surface area contributed by atoms with Gasteiger partial charge in [-0.05, 0) is 48.3 Å². The van der Waals surface area contributed by atoms with Crippen LogP contribution in [0.5, 0.6) is 0 Å². The van der Waals surface area contributed by atoms with Crippen LogP contribution in [0.25, 0.3) is 0 Å². The van der Waals surface area contributed by atoms with Crippen molar-refractivity contribution in [1.82, 2.24) is 0 Å². The second-order valence-corrected chi connectivity index (χ2v) is 6.24. The summed E-state index contributed by atoms with van der Waals surface area (Å²) < 4.78 is 0. The standard InChI is InChI=1S/C15H21Br/c1-3-4-12-6-8-13-7-5-11(2)9-15(16)14(13)10-12/h6,8,10-11,15H,3-5,7,9H2,1-2H3. The summed E-state index contributed by atoms with van der Waals surface area (Å²) in [6.45, 7) is 4.62. The van der Waals surface area contributed by atoms with E-state index in [4.69, 9.17) is 0 Å². The molecule has 2 rings (SSSR count). The third kappa shape index (κ3) is 2.68. The molecule has 1 heteroatoms. The van der Waals surface area contributed by atoms with Gasteiger partial charge in [-0.25, -0.2) is 0 Å². The predicted octanol–water partition coefficient (Wildman–Crippen LogP) is 5.05. The Labute approximate surface area is 108 Å². The molecule has 0 amide bonds. The van der Waals surface area contributed by atoms with Crippen LogP contribution in [-0.2, 0) is 12.8 Å². The Morgan fingerprint density at radius 2 is 2.19 bits per heavy atom. The van der Waals surface area contributed by atoms with Crippen LogP contribution in [0.3, 0.4) is 0 Å². The number of hydrogen-bond donors (Lipinski definition) is 0. The molecule has 0 aliphatic heterocycles. The molecule has 0 radical (unpaired) electrons. The molecule has 1 aromatic rings.